The van der Waals surface area contributed by atoms with Crippen molar-refractivity contribution in [3.63, 3.8) is 0 Å². The molecule has 7 nitrogen and oxygen atoms in total. The summed E-state index contributed by atoms with van der Waals surface area (Å²) in [7, 11) is -3.94. The van der Waals surface area contributed by atoms with Crippen LogP contribution in [0.1, 0.15) is 28.4 Å². The van der Waals surface area contributed by atoms with Crippen LogP contribution in [0.3, 0.4) is 0 Å². The molecule has 0 aliphatic heterocycles. The lowest BCUT2D eigenvalue weighted by atomic mass is 10.1. The van der Waals surface area contributed by atoms with E-state index in [1.165, 1.54) is 46.8 Å². The molecule has 34 heavy (non-hydrogen) atoms. The first-order chi connectivity index (χ1) is 16.2. The van der Waals surface area contributed by atoms with Crippen LogP contribution in [-0.4, -0.2) is 33.4 Å². The van der Waals surface area contributed by atoms with E-state index in [1.807, 2.05) is 0 Å². The average Bonchev–Trinajstić information content (AvgIpc) is 2.83. The van der Waals surface area contributed by atoms with E-state index in [0.29, 0.717) is 16.8 Å². The molecule has 9 heteroatoms. The standard InChI is InChI=1S/C25H25FN2O5S/c1-3-28(22-7-5-4-6-8-22)34(31,32)23-15-20(12-9-18(23)2)25(30)33-17-24(29)27-16-19-10-13-21(26)14-11-19/h4-15H,3,16-17H2,1-2H3,(H,27,29). The van der Waals surface area contributed by atoms with Gasteiger partial charge in [0, 0.05) is 13.1 Å². The summed E-state index contributed by atoms with van der Waals surface area (Å²) in [6, 6.07) is 18.5. The first kappa shape index (κ1) is 24.9. The molecule has 3 aromatic rings. The fourth-order valence-corrected chi connectivity index (χ4v) is 5.01. The first-order valence-corrected chi connectivity index (χ1v) is 12.0. The molecule has 0 atom stereocenters. The predicted octanol–water partition coefficient (Wildman–Crippen LogP) is 3.82. The SMILES string of the molecule is CCN(c1ccccc1)S(=O)(=O)c1cc(C(=O)OCC(=O)NCc2ccc(F)cc2)ccc1C. The fourth-order valence-electron chi connectivity index (χ4n) is 3.28. The summed E-state index contributed by atoms with van der Waals surface area (Å²) < 4.78 is 46.0. The number of hydrogen-bond acceptors (Lipinski definition) is 5. The third-order valence-corrected chi connectivity index (χ3v) is 7.11. The van der Waals surface area contributed by atoms with Crippen LogP contribution >= 0.6 is 0 Å². The summed E-state index contributed by atoms with van der Waals surface area (Å²) in [5, 5.41) is 2.57. The fraction of sp³-hybridized carbons (Fsp3) is 0.200. The Labute approximate surface area is 198 Å². The van der Waals surface area contributed by atoms with Crippen LogP contribution in [0.5, 0.6) is 0 Å². The number of aryl methyl sites for hydroxylation is 1. The van der Waals surface area contributed by atoms with E-state index in [1.54, 1.807) is 44.2 Å². The maximum absolute atomic E-state index is 13.4. The Kier molecular flexibility index (Phi) is 8.01. The van der Waals surface area contributed by atoms with Gasteiger partial charge in [0.15, 0.2) is 6.61 Å². The van der Waals surface area contributed by atoms with Gasteiger partial charge in [-0.15, -0.1) is 0 Å². The van der Waals surface area contributed by atoms with Gasteiger partial charge in [-0.25, -0.2) is 17.6 Å². The molecular weight excluding hydrogens is 459 g/mol. The molecule has 178 valence electrons. The second-order valence-corrected chi connectivity index (χ2v) is 9.30. The molecule has 0 saturated carbocycles. The summed E-state index contributed by atoms with van der Waals surface area (Å²) in [5.41, 5.74) is 1.69. The lowest BCUT2D eigenvalue weighted by molar-refractivity contribution is -0.124. The molecule has 0 unspecified atom stereocenters. The maximum Gasteiger partial charge on any atom is 0.338 e. The van der Waals surface area contributed by atoms with Crippen molar-refractivity contribution in [1.82, 2.24) is 5.32 Å². The van der Waals surface area contributed by atoms with E-state index < -0.39 is 28.5 Å². The average molecular weight is 485 g/mol. The van der Waals surface area contributed by atoms with Crippen LogP contribution in [0.15, 0.2) is 77.7 Å². The number of anilines is 1. The first-order valence-electron chi connectivity index (χ1n) is 10.6. The highest BCUT2D eigenvalue weighted by molar-refractivity contribution is 7.92. The van der Waals surface area contributed by atoms with Gasteiger partial charge in [0.25, 0.3) is 15.9 Å². The molecule has 3 rings (SSSR count). The molecular formula is C25H25FN2O5S. The Hall–Kier alpha value is -3.72. The van der Waals surface area contributed by atoms with Crippen LogP contribution in [-0.2, 0) is 26.1 Å². The van der Waals surface area contributed by atoms with Crippen LogP contribution < -0.4 is 9.62 Å². The zero-order chi connectivity index (χ0) is 24.7. The van der Waals surface area contributed by atoms with Crippen molar-refractivity contribution in [1.29, 1.82) is 0 Å². The Morgan fingerprint density at radius 1 is 1.00 bits per heavy atom. The smallest absolute Gasteiger partial charge is 0.338 e. The minimum Gasteiger partial charge on any atom is -0.452 e. The third kappa shape index (κ3) is 5.99. The predicted molar refractivity (Wildman–Crippen MR) is 126 cm³/mol. The number of sulfonamides is 1. The summed E-state index contributed by atoms with van der Waals surface area (Å²) >= 11 is 0. The van der Waals surface area contributed by atoms with Gasteiger partial charge in [0.1, 0.15) is 5.82 Å². The third-order valence-electron chi connectivity index (χ3n) is 5.06. The normalized spacial score (nSPS) is 11.0. The molecule has 0 aromatic heterocycles. The highest BCUT2D eigenvalue weighted by Crippen LogP contribution is 2.26. The van der Waals surface area contributed by atoms with Crippen molar-refractivity contribution >= 4 is 27.6 Å². The molecule has 0 fully saturated rings. The zero-order valence-electron chi connectivity index (χ0n) is 18.8. The highest BCUT2D eigenvalue weighted by Gasteiger charge is 2.26. The molecule has 0 saturated heterocycles. The molecule has 0 spiro atoms. The number of carbonyl (C=O) groups is 2. The number of benzene rings is 3. The number of hydrogen-bond donors (Lipinski definition) is 1. The van der Waals surface area contributed by atoms with Gasteiger partial charge in [-0.2, -0.15) is 0 Å². The summed E-state index contributed by atoms with van der Waals surface area (Å²) in [6.07, 6.45) is 0. The van der Waals surface area contributed by atoms with Gasteiger partial charge < -0.3 is 10.1 Å². The van der Waals surface area contributed by atoms with Crippen molar-refractivity contribution in [2.24, 2.45) is 0 Å². The number of amides is 1. The van der Waals surface area contributed by atoms with Crippen LogP contribution in [0.2, 0.25) is 0 Å². The van der Waals surface area contributed by atoms with Crippen LogP contribution in [0.25, 0.3) is 0 Å². The number of halogens is 1. The number of esters is 1. The molecule has 0 aliphatic rings. The summed E-state index contributed by atoms with van der Waals surface area (Å²) in [5.74, 6) is -1.75. The molecule has 1 N–H and O–H groups in total. The van der Waals surface area contributed by atoms with E-state index in [9.17, 15) is 22.4 Å². The van der Waals surface area contributed by atoms with E-state index in [4.69, 9.17) is 4.74 Å². The lowest BCUT2D eigenvalue weighted by Crippen LogP contribution is -2.31. The second kappa shape index (κ2) is 10.9. The van der Waals surface area contributed by atoms with Crippen LogP contribution in [0, 0.1) is 12.7 Å². The zero-order valence-corrected chi connectivity index (χ0v) is 19.6. The van der Waals surface area contributed by atoms with Gasteiger partial charge in [0.2, 0.25) is 0 Å². The van der Waals surface area contributed by atoms with E-state index in [-0.39, 0.29) is 29.4 Å². The van der Waals surface area contributed by atoms with Crippen LogP contribution in [0.4, 0.5) is 10.1 Å². The van der Waals surface area contributed by atoms with Crippen molar-refractivity contribution in [3.8, 4) is 0 Å². The Morgan fingerprint density at radius 2 is 1.68 bits per heavy atom. The molecule has 1 amide bonds. The topological polar surface area (TPSA) is 92.8 Å². The summed E-state index contributed by atoms with van der Waals surface area (Å²) in [6.45, 7) is 3.18. The number of ether oxygens (including phenoxy) is 1. The van der Waals surface area contributed by atoms with Crippen molar-refractivity contribution in [2.45, 2.75) is 25.3 Å². The minimum absolute atomic E-state index is 0.0135. The number of rotatable bonds is 9. The van der Waals surface area contributed by atoms with E-state index in [2.05, 4.69) is 5.32 Å². The lowest BCUT2D eigenvalue weighted by Gasteiger charge is -2.24. The molecule has 0 radical (unpaired) electrons. The second-order valence-electron chi connectivity index (χ2n) is 7.46. The molecule has 0 bridgehead atoms. The van der Waals surface area contributed by atoms with Crippen molar-refractivity contribution in [2.75, 3.05) is 17.5 Å². The number of carbonyl (C=O) groups excluding carboxylic acids is 2. The van der Waals surface area contributed by atoms with Gasteiger partial charge in [-0.3, -0.25) is 9.10 Å². The number of nitrogens with one attached hydrogen (secondary N) is 1. The monoisotopic (exact) mass is 484 g/mol. The van der Waals surface area contributed by atoms with E-state index in [0.717, 1.165) is 0 Å². The Balaban J connectivity index is 1.69. The van der Waals surface area contributed by atoms with E-state index >= 15 is 0 Å². The quantitative estimate of drug-likeness (QED) is 0.466. The van der Waals surface area contributed by atoms with Crippen molar-refractivity contribution in [3.05, 3.63) is 95.3 Å². The number of para-hydroxylation sites is 1. The number of nitrogens with zero attached hydrogens (tertiary/aromatic N) is 1. The Bertz CT molecular complexity index is 1260. The minimum atomic E-state index is -3.94. The van der Waals surface area contributed by atoms with Crippen molar-refractivity contribution < 1.29 is 27.1 Å². The maximum atomic E-state index is 13.4. The Morgan fingerprint density at radius 3 is 2.32 bits per heavy atom. The molecule has 0 heterocycles. The van der Waals surface area contributed by atoms with Gasteiger partial charge in [-0.05, 0) is 61.4 Å². The molecule has 3 aromatic carbocycles. The highest BCUT2D eigenvalue weighted by atomic mass is 32.2. The molecule has 0 aliphatic carbocycles. The summed E-state index contributed by atoms with van der Waals surface area (Å²) in [4.78, 5) is 24.5. The van der Waals surface area contributed by atoms with Gasteiger partial charge >= 0.3 is 5.97 Å². The van der Waals surface area contributed by atoms with Gasteiger partial charge in [-0.1, -0.05) is 36.4 Å². The largest absolute Gasteiger partial charge is 0.452 e. The van der Waals surface area contributed by atoms with Gasteiger partial charge in [0.05, 0.1) is 16.1 Å².